The molecule has 29 heavy (non-hydrogen) atoms. The summed E-state index contributed by atoms with van der Waals surface area (Å²) < 4.78 is 23.5. The summed E-state index contributed by atoms with van der Waals surface area (Å²) in [5.41, 5.74) is 3.19. The molecule has 7 heteroatoms. The first-order valence-corrected chi connectivity index (χ1v) is 12.0. The number of hydrogen-bond acceptors (Lipinski definition) is 3. The Kier molecular flexibility index (Phi) is 6.54. The fourth-order valence-electron chi connectivity index (χ4n) is 3.87. The average Bonchev–Trinajstić information content (AvgIpc) is 2.63. The molecule has 0 bridgehead atoms. The van der Waals surface area contributed by atoms with E-state index in [1.807, 2.05) is 31.2 Å². The van der Waals surface area contributed by atoms with Crippen molar-refractivity contribution in [2.45, 2.75) is 43.0 Å². The van der Waals surface area contributed by atoms with Gasteiger partial charge in [-0.15, -0.1) is 0 Å². The van der Waals surface area contributed by atoms with Gasteiger partial charge in [-0.2, -0.15) is 0 Å². The number of rotatable bonds is 6. The Morgan fingerprint density at radius 1 is 1.14 bits per heavy atom. The maximum absolute atomic E-state index is 11.8. The molecule has 0 amide bonds. The van der Waals surface area contributed by atoms with Crippen molar-refractivity contribution in [3.05, 3.63) is 64.2 Å². The van der Waals surface area contributed by atoms with Crippen molar-refractivity contribution in [3.8, 4) is 0 Å². The molecular formula is C22H28ClN3O2S. The molecule has 0 radical (unpaired) electrons. The van der Waals surface area contributed by atoms with Gasteiger partial charge in [0.05, 0.1) is 4.90 Å². The molecule has 0 atom stereocenters. The highest BCUT2D eigenvalue weighted by molar-refractivity contribution is 7.90. The Morgan fingerprint density at radius 2 is 1.83 bits per heavy atom. The Bertz CT molecular complexity index is 997. The van der Waals surface area contributed by atoms with E-state index in [-0.39, 0.29) is 5.41 Å². The van der Waals surface area contributed by atoms with E-state index in [1.54, 1.807) is 13.1 Å². The number of aryl methyl sites for hydroxylation is 1. The quantitative estimate of drug-likeness (QED) is 0.536. The maximum atomic E-state index is 11.8. The number of halogens is 1. The number of guanidine groups is 1. The molecule has 0 heterocycles. The summed E-state index contributed by atoms with van der Waals surface area (Å²) >= 11 is 6.04. The summed E-state index contributed by atoms with van der Waals surface area (Å²) in [7, 11) is -1.45. The average molecular weight is 434 g/mol. The SMILES string of the molecule is CN=C(NCc1ccc(S(C)(=O)=O)c(C)c1)NCC1(c2ccc(Cl)cc2)CCC1. The van der Waals surface area contributed by atoms with Crippen LogP contribution in [0.4, 0.5) is 0 Å². The normalized spacial score (nSPS) is 16.2. The first-order chi connectivity index (χ1) is 13.7. The molecule has 5 nitrogen and oxygen atoms in total. The van der Waals surface area contributed by atoms with Gasteiger partial charge < -0.3 is 10.6 Å². The van der Waals surface area contributed by atoms with Crippen molar-refractivity contribution in [1.82, 2.24) is 10.6 Å². The molecule has 2 N–H and O–H groups in total. The van der Waals surface area contributed by atoms with E-state index < -0.39 is 9.84 Å². The van der Waals surface area contributed by atoms with E-state index in [9.17, 15) is 8.42 Å². The predicted octanol–water partition coefficient (Wildman–Crippen LogP) is 3.84. The standard InChI is InChI=1S/C22H28ClN3O2S/c1-16-13-17(5-10-20(16)29(3,27)28)14-25-21(24-2)26-15-22(11-4-12-22)18-6-8-19(23)9-7-18/h5-10,13H,4,11-12,14-15H2,1-3H3,(H2,24,25,26). The van der Waals surface area contributed by atoms with Gasteiger partial charge in [-0.3, -0.25) is 4.99 Å². The summed E-state index contributed by atoms with van der Waals surface area (Å²) in [5.74, 6) is 0.732. The highest BCUT2D eigenvalue weighted by atomic mass is 35.5. The summed E-state index contributed by atoms with van der Waals surface area (Å²) in [6, 6.07) is 13.5. The molecule has 0 aromatic heterocycles. The van der Waals surface area contributed by atoms with E-state index in [0.29, 0.717) is 11.4 Å². The minimum Gasteiger partial charge on any atom is -0.356 e. The summed E-state index contributed by atoms with van der Waals surface area (Å²) in [4.78, 5) is 4.70. The van der Waals surface area contributed by atoms with E-state index in [2.05, 4.69) is 27.8 Å². The molecule has 2 aromatic rings. The lowest BCUT2D eigenvalue weighted by molar-refractivity contribution is 0.244. The number of nitrogens with zero attached hydrogens (tertiary/aromatic N) is 1. The van der Waals surface area contributed by atoms with Crippen LogP contribution < -0.4 is 10.6 Å². The zero-order chi connectivity index (χ0) is 21.1. The molecule has 0 saturated heterocycles. The van der Waals surface area contributed by atoms with Crippen molar-refractivity contribution < 1.29 is 8.42 Å². The highest BCUT2D eigenvalue weighted by Crippen LogP contribution is 2.43. The molecule has 156 valence electrons. The van der Waals surface area contributed by atoms with Gasteiger partial charge in [0.25, 0.3) is 0 Å². The van der Waals surface area contributed by atoms with Crippen LogP contribution in [0.2, 0.25) is 5.02 Å². The van der Waals surface area contributed by atoms with Crippen molar-refractivity contribution in [3.63, 3.8) is 0 Å². The van der Waals surface area contributed by atoms with Crippen LogP contribution in [0.3, 0.4) is 0 Å². The molecule has 2 aromatic carbocycles. The summed E-state index contributed by atoms with van der Waals surface area (Å²) in [6.45, 7) is 3.19. The van der Waals surface area contributed by atoms with Crippen LogP contribution in [-0.4, -0.2) is 34.2 Å². The maximum Gasteiger partial charge on any atom is 0.191 e. The number of benzene rings is 2. The zero-order valence-corrected chi connectivity index (χ0v) is 18.7. The second-order valence-corrected chi connectivity index (χ2v) is 10.2. The van der Waals surface area contributed by atoms with Gasteiger partial charge in [0.1, 0.15) is 0 Å². The van der Waals surface area contributed by atoms with E-state index in [0.717, 1.165) is 41.5 Å². The highest BCUT2D eigenvalue weighted by Gasteiger charge is 2.38. The lowest BCUT2D eigenvalue weighted by Gasteiger charge is -2.43. The topological polar surface area (TPSA) is 70.6 Å². The van der Waals surface area contributed by atoms with Crippen LogP contribution in [0.15, 0.2) is 52.4 Å². The van der Waals surface area contributed by atoms with Crippen LogP contribution in [0.25, 0.3) is 0 Å². The number of sulfone groups is 1. The Hall–Kier alpha value is -2.05. The second kappa shape index (κ2) is 8.76. The van der Waals surface area contributed by atoms with Crippen LogP contribution in [0, 0.1) is 6.92 Å². The van der Waals surface area contributed by atoms with Crippen LogP contribution in [-0.2, 0) is 21.8 Å². The van der Waals surface area contributed by atoms with Gasteiger partial charge in [-0.1, -0.05) is 42.3 Å². The fourth-order valence-corrected chi connectivity index (χ4v) is 4.96. The first kappa shape index (κ1) is 21.7. The van der Waals surface area contributed by atoms with Crippen LogP contribution >= 0.6 is 11.6 Å². The lowest BCUT2D eigenvalue weighted by Crippen LogP contribution is -2.48. The molecule has 1 aliphatic rings. The smallest absolute Gasteiger partial charge is 0.191 e. The van der Waals surface area contributed by atoms with Crippen molar-refractivity contribution in [2.24, 2.45) is 4.99 Å². The van der Waals surface area contributed by atoms with Gasteiger partial charge in [-0.05, 0) is 54.7 Å². The largest absolute Gasteiger partial charge is 0.356 e. The van der Waals surface area contributed by atoms with Gasteiger partial charge in [-0.25, -0.2) is 8.42 Å². The van der Waals surface area contributed by atoms with Gasteiger partial charge >= 0.3 is 0 Å². The fraction of sp³-hybridized carbons (Fsp3) is 0.409. The Balaban J connectivity index is 1.61. The zero-order valence-electron chi connectivity index (χ0n) is 17.1. The van der Waals surface area contributed by atoms with Crippen molar-refractivity contribution in [1.29, 1.82) is 0 Å². The molecule has 1 fully saturated rings. The van der Waals surface area contributed by atoms with E-state index in [4.69, 9.17) is 11.6 Å². The molecule has 1 saturated carbocycles. The van der Waals surface area contributed by atoms with Crippen LogP contribution in [0.1, 0.15) is 36.0 Å². The van der Waals surface area contributed by atoms with Crippen molar-refractivity contribution in [2.75, 3.05) is 19.8 Å². The Morgan fingerprint density at radius 3 is 2.34 bits per heavy atom. The monoisotopic (exact) mass is 433 g/mol. The minimum atomic E-state index is -3.20. The van der Waals surface area contributed by atoms with E-state index in [1.165, 1.54) is 18.2 Å². The number of nitrogens with one attached hydrogen (secondary N) is 2. The van der Waals surface area contributed by atoms with Crippen molar-refractivity contribution >= 4 is 27.4 Å². The molecule has 0 unspecified atom stereocenters. The van der Waals surface area contributed by atoms with Gasteiger partial charge in [0.2, 0.25) is 0 Å². The van der Waals surface area contributed by atoms with Gasteiger partial charge in [0.15, 0.2) is 15.8 Å². The van der Waals surface area contributed by atoms with E-state index >= 15 is 0 Å². The molecule has 0 aliphatic heterocycles. The molecule has 0 spiro atoms. The predicted molar refractivity (Wildman–Crippen MR) is 119 cm³/mol. The number of aliphatic imine (C=N–C) groups is 1. The molecule has 1 aliphatic carbocycles. The summed E-state index contributed by atoms with van der Waals surface area (Å²) in [5, 5.41) is 7.53. The molecule has 3 rings (SSSR count). The second-order valence-electron chi connectivity index (χ2n) is 7.79. The van der Waals surface area contributed by atoms with Gasteiger partial charge in [0, 0.05) is 36.8 Å². The third-order valence-electron chi connectivity index (χ3n) is 5.68. The molecular weight excluding hydrogens is 406 g/mol. The third-order valence-corrected chi connectivity index (χ3v) is 7.19. The number of hydrogen-bond donors (Lipinski definition) is 2. The summed E-state index contributed by atoms with van der Waals surface area (Å²) in [6.07, 6.45) is 4.74. The lowest BCUT2D eigenvalue weighted by atomic mass is 9.64. The first-order valence-electron chi connectivity index (χ1n) is 9.74. The minimum absolute atomic E-state index is 0.121. The third kappa shape index (κ3) is 5.11. The Labute approximate surface area is 178 Å². The van der Waals surface area contributed by atoms with Crippen LogP contribution in [0.5, 0.6) is 0 Å².